The highest BCUT2D eigenvalue weighted by atomic mass is 19.1. The van der Waals surface area contributed by atoms with Gasteiger partial charge in [-0.15, -0.1) is 0 Å². The fraction of sp³-hybridized carbons (Fsp3) is 0.405. The fourth-order valence-electron chi connectivity index (χ4n) is 7.13. The Morgan fingerprint density at radius 3 is 2.55 bits per heavy atom. The number of nitrogens with two attached hydrogens (primary N) is 1. The number of nitrogen functional groups attached to an aromatic ring is 1. The van der Waals surface area contributed by atoms with Crippen LogP contribution in [-0.4, -0.2) is 99.4 Å². The number of fused-ring (bicyclic) bond motifs is 1. The Morgan fingerprint density at radius 1 is 1.08 bits per heavy atom. The molecule has 12 heteroatoms. The van der Waals surface area contributed by atoms with Gasteiger partial charge in [0.25, 0.3) is 5.91 Å². The van der Waals surface area contributed by atoms with Crippen molar-refractivity contribution in [3.05, 3.63) is 78.3 Å². The maximum Gasteiger partial charge on any atom is 0.264 e. The number of anilines is 1. The molecule has 3 saturated heterocycles. The van der Waals surface area contributed by atoms with E-state index in [0.29, 0.717) is 41.5 Å². The first-order valence-corrected chi connectivity index (χ1v) is 16.9. The summed E-state index contributed by atoms with van der Waals surface area (Å²) in [5.41, 5.74) is 7.85. The van der Waals surface area contributed by atoms with Gasteiger partial charge in [-0.3, -0.25) is 19.3 Å². The van der Waals surface area contributed by atoms with Crippen LogP contribution >= 0.6 is 0 Å². The van der Waals surface area contributed by atoms with Gasteiger partial charge in [-0.1, -0.05) is 18.2 Å². The third-order valence-corrected chi connectivity index (χ3v) is 9.97. The quantitative estimate of drug-likeness (QED) is 0.204. The Bertz CT molecular complexity index is 1910. The van der Waals surface area contributed by atoms with Crippen LogP contribution in [0.4, 0.5) is 10.2 Å². The molecule has 2 N–H and O–H groups in total. The molecule has 2 aromatic heterocycles. The van der Waals surface area contributed by atoms with E-state index < -0.39 is 11.4 Å². The van der Waals surface area contributed by atoms with Crippen LogP contribution in [0.1, 0.15) is 32.7 Å². The number of benzene rings is 2. The lowest BCUT2D eigenvalue weighted by molar-refractivity contribution is -0.128. The van der Waals surface area contributed by atoms with E-state index in [0.717, 1.165) is 57.8 Å². The van der Waals surface area contributed by atoms with Crippen LogP contribution in [0, 0.1) is 17.1 Å². The zero-order chi connectivity index (χ0) is 34.1. The summed E-state index contributed by atoms with van der Waals surface area (Å²) in [6.45, 7) is 10.2. The summed E-state index contributed by atoms with van der Waals surface area (Å²) in [5, 5.41) is 15.7. The minimum absolute atomic E-state index is 0.0989. The molecule has 0 spiro atoms. The summed E-state index contributed by atoms with van der Waals surface area (Å²) in [6.07, 6.45) is 4.96. The third-order valence-electron chi connectivity index (χ3n) is 9.97. The number of rotatable bonds is 8. The molecule has 0 bridgehead atoms. The van der Waals surface area contributed by atoms with Crippen molar-refractivity contribution < 1.29 is 18.7 Å². The lowest BCUT2D eigenvalue weighted by atomic mass is 9.96. The molecule has 3 fully saturated rings. The number of amides is 1. The zero-order valence-electron chi connectivity index (χ0n) is 27.9. The van der Waals surface area contributed by atoms with Crippen molar-refractivity contribution in [2.45, 2.75) is 44.3 Å². The fourth-order valence-corrected chi connectivity index (χ4v) is 7.13. The minimum Gasteiger partial charge on any atom is -0.454 e. The van der Waals surface area contributed by atoms with Crippen LogP contribution in [0.3, 0.4) is 0 Å². The number of ether oxygens (including phenoxy) is 2. The molecule has 0 radical (unpaired) electrons. The number of carbonyl (C=O) groups excluding carboxylic acids is 1. The lowest BCUT2D eigenvalue weighted by Gasteiger charge is -2.46. The van der Waals surface area contributed by atoms with E-state index in [1.54, 1.807) is 35.4 Å². The molecular formula is C37H41FN8O3. The van der Waals surface area contributed by atoms with Gasteiger partial charge in [-0.25, -0.2) is 9.37 Å². The minimum atomic E-state index is -0.533. The number of nitriles is 1. The molecule has 2 aromatic carbocycles. The number of nitrogens with zero attached hydrogens (tertiary/aromatic N) is 7. The summed E-state index contributed by atoms with van der Waals surface area (Å²) in [4.78, 5) is 24.7. The van der Waals surface area contributed by atoms with Crippen LogP contribution in [0.5, 0.6) is 11.5 Å². The monoisotopic (exact) mass is 664 g/mol. The molecule has 0 unspecified atom stereocenters. The number of aromatic nitrogens is 3. The molecular weight excluding hydrogens is 623 g/mol. The number of piperazine rings is 1. The third kappa shape index (κ3) is 6.62. The van der Waals surface area contributed by atoms with Crippen molar-refractivity contribution in [3.8, 4) is 28.8 Å². The molecule has 0 saturated carbocycles. The summed E-state index contributed by atoms with van der Waals surface area (Å²) in [5.74, 6) is 0.103. The Balaban J connectivity index is 1.11. The highest BCUT2D eigenvalue weighted by Crippen LogP contribution is 2.37. The van der Waals surface area contributed by atoms with Gasteiger partial charge >= 0.3 is 0 Å². The standard InChI is InChI=1S/C37H41FN8O3/c1-37(2,45-17-15-43(16-18-45)28-23-48-24-28)20-26(21-39)36(47)44-14-6-7-27(22-44)46-31-12-13-41-35(40)33(31)34(42-46)25-10-11-32(30(38)19-25)49-29-8-4-3-5-9-29/h3-5,8-13,19-20,27-28H,6-7,14-18,22-24H2,1-2H3,(H2,40,41)/b26-20-/t27-/m1/s1. The van der Waals surface area contributed by atoms with Crippen LogP contribution < -0.4 is 10.5 Å². The summed E-state index contributed by atoms with van der Waals surface area (Å²) in [6, 6.07) is 18.1. The maximum absolute atomic E-state index is 15.3. The molecule has 1 atom stereocenters. The summed E-state index contributed by atoms with van der Waals surface area (Å²) >= 11 is 0. The van der Waals surface area contributed by atoms with Crippen molar-refractivity contribution in [1.29, 1.82) is 5.26 Å². The second-order valence-electron chi connectivity index (χ2n) is 13.5. The van der Waals surface area contributed by atoms with E-state index in [-0.39, 0.29) is 29.1 Å². The number of hydrogen-bond donors (Lipinski definition) is 1. The predicted octanol–water partition coefficient (Wildman–Crippen LogP) is 5.02. The second-order valence-corrected chi connectivity index (χ2v) is 13.5. The average molecular weight is 665 g/mol. The van der Waals surface area contributed by atoms with Crippen LogP contribution in [0.15, 0.2) is 72.4 Å². The van der Waals surface area contributed by atoms with Crippen molar-refractivity contribution in [2.24, 2.45) is 0 Å². The van der Waals surface area contributed by atoms with Crippen molar-refractivity contribution >= 4 is 22.6 Å². The van der Waals surface area contributed by atoms with E-state index in [4.69, 9.17) is 20.3 Å². The number of piperidine rings is 1. The van der Waals surface area contributed by atoms with Crippen molar-refractivity contribution in [3.63, 3.8) is 0 Å². The Labute approximate surface area is 285 Å². The van der Waals surface area contributed by atoms with Gasteiger partial charge in [0.15, 0.2) is 11.6 Å². The van der Waals surface area contributed by atoms with Gasteiger partial charge < -0.3 is 20.1 Å². The van der Waals surface area contributed by atoms with Crippen LogP contribution in [0.2, 0.25) is 0 Å². The lowest BCUT2D eigenvalue weighted by Crippen LogP contribution is -2.59. The highest BCUT2D eigenvalue weighted by molar-refractivity contribution is 6.00. The van der Waals surface area contributed by atoms with Gasteiger partial charge in [0.05, 0.1) is 36.2 Å². The van der Waals surface area contributed by atoms with Gasteiger partial charge in [0, 0.05) is 56.6 Å². The largest absolute Gasteiger partial charge is 0.454 e. The first kappa shape index (κ1) is 32.7. The molecule has 3 aliphatic rings. The van der Waals surface area contributed by atoms with E-state index in [1.807, 2.05) is 35.0 Å². The molecule has 254 valence electrons. The smallest absolute Gasteiger partial charge is 0.264 e. The average Bonchev–Trinajstić information content (AvgIpc) is 3.49. The number of para-hydroxylation sites is 1. The Hall–Kier alpha value is -4.83. The number of carbonyl (C=O) groups is 1. The predicted molar refractivity (Wildman–Crippen MR) is 184 cm³/mol. The molecule has 3 aliphatic heterocycles. The molecule has 0 aliphatic carbocycles. The van der Waals surface area contributed by atoms with Gasteiger partial charge in [-0.05, 0) is 69.2 Å². The van der Waals surface area contributed by atoms with Crippen molar-refractivity contribution in [1.82, 2.24) is 29.5 Å². The highest BCUT2D eigenvalue weighted by Gasteiger charge is 2.35. The summed E-state index contributed by atoms with van der Waals surface area (Å²) < 4.78 is 28.3. The van der Waals surface area contributed by atoms with Gasteiger partial charge in [0.1, 0.15) is 28.9 Å². The molecule has 1 amide bonds. The first-order valence-electron chi connectivity index (χ1n) is 16.9. The first-order chi connectivity index (χ1) is 23.7. The number of halogens is 1. The zero-order valence-corrected chi connectivity index (χ0v) is 27.9. The Kier molecular flexibility index (Phi) is 9.07. The number of hydrogen-bond acceptors (Lipinski definition) is 9. The number of likely N-dealkylation sites (tertiary alicyclic amines) is 1. The van der Waals surface area contributed by atoms with Crippen molar-refractivity contribution in [2.75, 3.05) is 58.2 Å². The van der Waals surface area contributed by atoms with E-state index >= 15 is 4.39 Å². The molecule has 49 heavy (non-hydrogen) atoms. The SMILES string of the molecule is CC(C)(/C=C(/C#N)C(=O)N1CCC[C@@H](n2nc(-c3ccc(Oc4ccccc4)c(F)c3)c3c(N)nccc32)C1)N1CCN(C2COC2)CC1. The van der Waals surface area contributed by atoms with E-state index in [2.05, 4.69) is 34.7 Å². The topological polar surface area (TPSA) is 126 Å². The molecule has 4 aromatic rings. The number of pyridine rings is 1. The normalized spacial score (nSPS) is 19.8. The van der Waals surface area contributed by atoms with Crippen LogP contribution in [0.25, 0.3) is 22.2 Å². The Morgan fingerprint density at radius 2 is 1.86 bits per heavy atom. The summed E-state index contributed by atoms with van der Waals surface area (Å²) in [7, 11) is 0. The van der Waals surface area contributed by atoms with Crippen LogP contribution in [-0.2, 0) is 9.53 Å². The molecule has 7 rings (SSSR count). The molecule has 11 nitrogen and oxygen atoms in total. The van der Waals surface area contributed by atoms with E-state index in [1.165, 1.54) is 6.07 Å². The maximum atomic E-state index is 15.3. The van der Waals surface area contributed by atoms with Gasteiger partial charge in [-0.2, -0.15) is 10.4 Å². The molecule has 5 heterocycles. The second kappa shape index (κ2) is 13.6. The van der Waals surface area contributed by atoms with Gasteiger partial charge in [0.2, 0.25) is 0 Å². The van der Waals surface area contributed by atoms with E-state index in [9.17, 15) is 10.1 Å².